The average Bonchev–Trinajstić information content (AvgIpc) is 2.49. The zero-order chi connectivity index (χ0) is 18.3. The van der Waals surface area contributed by atoms with Gasteiger partial charge in [0.05, 0.1) is 7.11 Å². The number of carbonyl (C=O) groups excluding carboxylic acids is 3. The van der Waals surface area contributed by atoms with Gasteiger partial charge in [-0.1, -0.05) is 0 Å². The summed E-state index contributed by atoms with van der Waals surface area (Å²) in [6, 6.07) is 4.61. The van der Waals surface area contributed by atoms with Crippen LogP contribution in [0.15, 0.2) is 24.3 Å². The first kappa shape index (κ1) is 19.5. The normalized spacial score (nSPS) is 12.2. The number of methoxy groups -OCH3 is 1. The molecule has 0 bridgehead atoms. The van der Waals surface area contributed by atoms with E-state index in [1.165, 1.54) is 31.4 Å². The molecule has 0 aliphatic carbocycles. The number of hydrogen-bond acceptors (Lipinski definition) is 6. The maximum Gasteiger partial charge on any atom is 0.328 e. The molecule has 0 saturated carbocycles. The minimum Gasteiger partial charge on any atom is -0.508 e. The summed E-state index contributed by atoms with van der Waals surface area (Å²) in [5.41, 5.74) is -0.341. The number of ether oxygens (including phenoxy) is 2. The lowest BCUT2D eigenvalue weighted by Gasteiger charge is -2.21. The first-order valence-corrected chi connectivity index (χ1v) is 7.52. The van der Waals surface area contributed by atoms with E-state index in [1.807, 2.05) is 0 Å². The molecule has 1 atom stereocenters. The van der Waals surface area contributed by atoms with Gasteiger partial charge in [0.15, 0.2) is 0 Å². The fraction of sp³-hybridized carbons (Fsp3) is 0.471. The molecule has 0 heterocycles. The highest BCUT2D eigenvalue weighted by molar-refractivity contribution is 5.96. The molecule has 0 aliphatic heterocycles. The zero-order valence-corrected chi connectivity index (χ0v) is 14.3. The van der Waals surface area contributed by atoms with E-state index in [0.717, 1.165) is 0 Å². The van der Waals surface area contributed by atoms with Crippen molar-refractivity contribution in [1.82, 2.24) is 5.32 Å². The second-order valence-electron chi connectivity index (χ2n) is 6.22. The van der Waals surface area contributed by atoms with E-state index in [0.29, 0.717) is 0 Å². The van der Waals surface area contributed by atoms with E-state index < -0.39 is 29.5 Å². The van der Waals surface area contributed by atoms with Crippen molar-refractivity contribution < 1.29 is 29.0 Å². The molecular weight excluding hydrogens is 314 g/mol. The van der Waals surface area contributed by atoms with Gasteiger partial charge < -0.3 is 19.9 Å². The third-order valence-corrected chi connectivity index (χ3v) is 2.98. The number of carbonyl (C=O) groups is 3. The average molecular weight is 337 g/mol. The largest absolute Gasteiger partial charge is 0.508 e. The summed E-state index contributed by atoms with van der Waals surface area (Å²) in [6.45, 7) is 5.24. The number of esters is 2. The Morgan fingerprint density at radius 2 is 1.75 bits per heavy atom. The minimum atomic E-state index is -0.969. The van der Waals surface area contributed by atoms with Crippen LogP contribution in [-0.2, 0) is 19.1 Å². The highest BCUT2D eigenvalue weighted by Gasteiger charge is 2.24. The molecule has 7 heteroatoms. The molecule has 1 amide bonds. The highest BCUT2D eigenvalue weighted by Crippen LogP contribution is 2.12. The lowest BCUT2D eigenvalue weighted by molar-refractivity contribution is -0.155. The fourth-order valence-corrected chi connectivity index (χ4v) is 1.90. The quantitative estimate of drug-likeness (QED) is 0.767. The summed E-state index contributed by atoms with van der Waals surface area (Å²) < 4.78 is 9.83. The molecule has 0 aliphatic rings. The van der Waals surface area contributed by atoms with Crippen molar-refractivity contribution in [2.45, 2.75) is 45.3 Å². The topological polar surface area (TPSA) is 102 Å². The smallest absolute Gasteiger partial charge is 0.328 e. The molecule has 132 valence electrons. The van der Waals surface area contributed by atoms with E-state index in [2.05, 4.69) is 10.1 Å². The molecule has 1 rings (SSSR count). The zero-order valence-electron chi connectivity index (χ0n) is 14.3. The first-order chi connectivity index (χ1) is 11.1. The number of hydrogen-bond donors (Lipinski definition) is 2. The van der Waals surface area contributed by atoms with E-state index in [1.54, 1.807) is 20.8 Å². The van der Waals surface area contributed by atoms with Crippen molar-refractivity contribution in [3.05, 3.63) is 29.8 Å². The minimum absolute atomic E-state index is 0.0287. The van der Waals surface area contributed by atoms with E-state index >= 15 is 0 Å². The van der Waals surface area contributed by atoms with E-state index in [-0.39, 0.29) is 24.2 Å². The maximum atomic E-state index is 12.1. The predicted molar refractivity (Wildman–Crippen MR) is 86.5 cm³/mol. The molecule has 7 nitrogen and oxygen atoms in total. The van der Waals surface area contributed by atoms with Crippen LogP contribution < -0.4 is 5.32 Å². The standard InChI is InChI=1S/C17H23NO6/c1-17(2,3)24-14(20)10-9-13(16(22)23-4)18-15(21)11-5-7-12(19)8-6-11/h5-8,13,19H,9-10H2,1-4H3,(H,18,21)/t13-/m1/s1. The van der Waals surface area contributed by atoms with E-state index in [4.69, 9.17) is 4.74 Å². The predicted octanol–water partition coefficient (Wildman–Crippen LogP) is 1.79. The molecule has 1 aromatic rings. The monoisotopic (exact) mass is 337 g/mol. The number of nitrogens with one attached hydrogen (secondary N) is 1. The molecule has 24 heavy (non-hydrogen) atoms. The third-order valence-electron chi connectivity index (χ3n) is 2.98. The molecule has 0 unspecified atom stereocenters. The number of phenolic OH excluding ortho intramolecular Hbond substituents is 1. The molecular formula is C17H23NO6. The summed E-state index contributed by atoms with van der Waals surface area (Å²) in [6.07, 6.45) is 0.0261. The van der Waals surface area contributed by atoms with Crippen LogP contribution in [0.3, 0.4) is 0 Å². The van der Waals surface area contributed by atoms with Gasteiger partial charge in [-0.3, -0.25) is 9.59 Å². The van der Waals surface area contributed by atoms with Crippen LogP contribution in [0.25, 0.3) is 0 Å². The Hall–Kier alpha value is -2.57. The Morgan fingerprint density at radius 3 is 2.25 bits per heavy atom. The van der Waals surface area contributed by atoms with Crippen LogP contribution in [0.2, 0.25) is 0 Å². The number of amides is 1. The lowest BCUT2D eigenvalue weighted by atomic mass is 10.1. The van der Waals surface area contributed by atoms with Crippen molar-refractivity contribution in [3.63, 3.8) is 0 Å². The van der Waals surface area contributed by atoms with Crippen LogP contribution in [0.1, 0.15) is 44.0 Å². The summed E-state index contributed by atoms with van der Waals surface area (Å²) in [7, 11) is 1.20. The second-order valence-corrected chi connectivity index (χ2v) is 6.22. The van der Waals surface area contributed by atoms with Crippen LogP contribution in [-0.4, -0.2) is 41.7 Å². The number of aromatic hydroxyl groups is 1. The van der Waals surface area contributed by atoms with Gasteiger partial charge in [0.2, 0.25) is 0 Å². The Kier molecular flexibility index (Phi) is 6.76. The van der Waals surface area contributed by atoms with Crippen molar-refractivity contribution in [3.8, 4) is 5.75 Å². The van der Waals surface area contributed by atoms with Gasteiger partial charge in [-0.25, -0.2) is 4.79 Å². The van der Waals surface area contributed by atoms with Crippen molar-refractivity contribution >= 4 is 17.8 Å². The number of phenols is 1. The second kappa shape index (κ2) is 8.33. The summed E-state index contributed by atoms with van der Waals surface area (Å²) in [5.74, 6) is -1.59. The first-order valence-electron chi connectivity index (χ1n) is 7.52. The van der Waals surface area contributed by atoms with Gasteiger partial charge in [-0.15, -0.1) is 0 Å². The van der Waals surface area contributed by atoms with E-state index in [9.17, 15) is 19.5 Å². The maximum absolute atomic E-state index is 12.1. The van der Waals surface area contributed by atoms with Crippen LogP contribution >= 0.6 is 0 Å². The summed E-state index contributed by atoms with van der Waals surface area (Å²) in [4.78, 5) is 35.7. The van der Waals surface area contributed by atoms with Gasteiger partial charge in [0.1, 0.15) is 17.4 Å². The van der Waals surface area contributed by atoms with Crippen LogP contribution in [0.4, 0.5) is 0 Å². The number of benzene rings is 1. The van der Waals surface area contributed by atoms with Gasteiger partial charge in [-0.05, 0) is 51.5 Å². The van der Waals surface area contributed by atoms with Gasteiger partial charge in [0.25, 0.3) is 5.91 Å². The SMILES string of the molecule is COC(=O)[C@@H](CCC(=O)OC(C)(C)C)NC(=O)c1ccc(O)cc1. The van der Waals surface area contributed by atoms with Crippen LogP contribution in [0, 0.1) is 0 Å². The Morgan fingerprint density at radius 1 is 1.17 bits per heavy atom. The Bertz CT molecular complexity index is 588. The van der Waals surface area contributed by atoms with Crippen molar-refractivity contribution in [2.75, 3.05) is 7.11 Å². The number of rotatable bonds is 6. The van der Waals surface area contributed by atoms with Crippen LogP contribution in [0.5, 0.6) is 5.75 Å². The lowest BCUT2D eigenvalue weighted by Crippen LogP contribution is -2.42. The third kappa shape index (κ3) is 6.68. The molecule has 1 aromatic carbocycles. The van der Waals surface area contributed by atoms with Crippen molar-refractivity contribution in [1.29, 1.82) is 0 Å². The molecule has 0 aromatic heterocycles. The van der Waals surface area contributed by atoms with Gasteiger partial charge in [-0.2, -0.15) is 0 Å². The molecule has 0 spiro atoms. The molecule has 2 N–H and O–H groups in total. The highest BCUT2D eigenvalue weighted by atomic mass is 16.6. The molecule has 0 saturated heterocycles. The molecule has 0 radical (unpaired) electrons. The summed E-state index contributed by atoms with van der Waals surface area (Å²) in [5, 5.41) is 11.7. The Balaban J connectivity index is 2.68. The molecule has 0 fully saturated rings. The Labute approximate surface area is 141 Å². The summed E-state index contributed by atoms with van der Waals surface area (Å²) >= 11 is 0. The van der Waals surface area contributed by atoms with Crippen molar-refractivity contribution in [2.24, 2.45) is 0 Å². The van der Waals surface area contributed by atoms with Gasteiger partial charge >= 0.3 is 11.9 Å². The fourth-order valence-electron chi connectivity index (χ4n) is 1.90. The van der Waals surface area contributed by atoms with Gasteiger partial charge in [0, 0.05) is 12.0 Å².